The molecule has 7 nitrogen and oxygen atoms in total. The lowest BCUT2D eigenvalue weighted by Crippen LogP contribution is -2.50. The van der Waals surface area contributed by atoms with Gasteiger partial charge in [-0.15, -0.1) is 0 Å². The quantitative estimate of drug-likeness (QED) is 0.321. The van der Waals surface area contributed by atoms with Crippen molar-refractivity contribution in [1.82, 2.24) is 13.8 Å². The Morgan fingerprint density at radius 1 is 1.07 bits per heavy atom. The lowest BCUT2D eigenvalue weighted by Gasteiger charge is -2.38. The highest BCUT2D eigenvalue weighted by atomic mass is 35.5. The fourth-order valence-corrected chi connectivity index (χ4v) is 10.1. The van der Waals surface area contributed by atoms with E-state index in [9.17, 15) is 18.0 Å². The minimum Gasteiger partial charge on any atom is -0.345 e. The molecule has 3 saturated carbocycles. The zero-order valence-corrected chi connectivity index (χ0v) is 26.2. The Bertz CT molecular complexity index is 1380. The smallest absolute Gasteiger partial charge is 0.238 e. The van der Waals surface area contributed by atoms with Gasteiger partial charge in [0.25, 0.3) is 0 Å². The fraction of sp³-hybridized carbons (Fsp3) is 0.625. The number of fused-ring (bicyclic) bond motifs is 2. The van der Waals surface area contributed by atoms with Gasteiger partial charge in [0.2, 0.25) is 15.9 Å². The predicted octanol–water partition coefficient (Wildman–Crippen LogP) is 5.90. The number of hydrogen-bond acceptors (Lipinski definition) is 4. The number of halogens is 1. The van der Waals surface area contributed by atoms with Crippen molar-refractivity contribution >= 4 is 33.3 Å². The van der Waals surface area contributed by atoms with Crippen LogP contribution in [-0.2, 0) is 32.7 Å². The van der Waals surface area contributed by atoms with Crippen molar-refractivity contribution < 1.29 is 18.0 Å². The standard InChI is InChI=1S/C32H44ClN3O4S/c1-4-35(41(39,40)23-32-17-16-25(19-29(32)37)31(32,2)3)22-30(38)36(26-12-6-5-7-13-26)21-27-14-10-18-34(27)20-24-11-8-9-15-28(24)33/h8-11,14-15,18,25-26H,4-7,12-13,16-17,19-23H2,1-3H3. The Balaban J connectivity index is 1.36. The van der Waals surface area contributed by atoms with Crippen LogP contribution in [0.2, 0.25) is 5.02 Å². The molecule has 1 aromatic carbocycles. The van der Waals surface area contributed by atoms with Crippen LogP contribution < -0.4 is 0 Å². The van der Waals surface area contributed by atoms with Crippen LogP contribution in [0, 0.1) is 16.7 Å². The number of amides is 1. The summed E-state index contributed by atoms with van der Waals surface area (Å²) in [5, 5.41) is 0.702. The summed E-state index contributed by atoms with van der Waals surface area (Å²) in [6.07, 6.45) is 9.09. The van der Waals surface area contributed by atoms with E-state index in [0.29, 0.717) is 31.0 Å². The molecule has 2 unspecified atom stereocenters. The van der Waals surface area contributed by atoms with Crippen molar-refractivity contribution in [3.8, 4) is 0 Å². The van der Waals surface area contributed by atoms with Gasteiger partial charge in [-0.25, -0.2) is 8.42 Å². The van der Waals surface area contributed by atoms with Gasteiger partial charge in [-0.3, -0.25) is 9.59 Å². The van der Waals surface area contributed by atoms with Gasteiger partial charge in [0.05, 0.1) is 18.8 Å². The molecule has 2 bridgehead atoms. The zero-order valence-electron chi connectivity index (χ0n) is 24.6. The van der Waals surface area contributed by atoms with Gasteiger partial charge in [0.15, 0.2) is 0 Å². The van der Waals surface area contributed by atoms with Crippen molar-refractivity contribution in [2.75, 3.05) is 18.8 Å². The third-order valence-corrected chi connectivity index (χ3v) is 12.9. The second-order valence-electron chi connectivity index (χ2n) is 12.9. The minimum absolute atomic E-state index is 0.0749. The monoisotopic (exact) mass is 601 g/mol. The highest BCUT2D eigenvalue weighted by Crippen LogP contribution is 2.64. The summed E-state index contributed by atoms with van der Waals surface area (Å²) in [6, 6.07) is 11.8. The number of sulfonamides is 1. The SMILES string of the molecule is CCN(CC(=O)N(Cc1cccn1Cc1ccccc1Cl)C1CCCCC1)S(=O)(=O)CC12CCC(CC1=O)C2(C)C. The van der Waals surface area contributed by atoms with E-state index in [1.54, 1.807) is 6.92 Å². The maximum atomic E-state index is 14.0. The van der Waals surface area contributed by atoms with Gasteiger partial charge in [0.1, 0.15) is 5.78 Å². The van der Waals surface area contributed by atoms with Gasteiger partial charge >= 0.3 is 0 Å². The minimum atomic E-state index is -3.83. The first-order chi connectivity index (χ1) is 19.5. The molecule has 2 aromatic rings. The van der Waals surface area contributed by atoms with Crippen molar-refractivity contribution in [2.24, 2.45) is 16.7 Å². The molecule has 1 aromatic heterocycles. The molecule has 1 amide bonds. The van der Waals surface area contributed by atoms with Gasteiger partial charge in [-0.1, -0.05) is 69.8 Å². The molecule has 3 aliphatic carbocycles. The number of likely N-dealkylation sites (N-methyl/N-ethyl adjacent to an activating group) is 1. The number of nitrogens with zero attached hydrogens (tertiary/aromatic N) is 3. The lowest BCUT2D eigenvalue weighted by atomic mass is 9.70. The third kappa shape index (κ3) is 5.76. The number of benzene rings is 1. The third-order valence-electron chi connectivity index (χ3n) is 10.5. The molecule has 9 heteroatoms. The highest BCUT2D eigenvalue weighted by Gasteiger charge is 2.65. The molecule has 0 radical (unpaired) electrons. The van der Waals surface area contributed by atoms with Crippen molar-refractivity contribution in [3.63, 3.8) is 0 Å². The summed E-state index contributed by atoms with van der Waals surface area (Å²) >= 11 is 6.44. The van der Waals surface area contributed by atoms with Crippen molar-refractivity contribution in [3.05, 3.63) is 58.9 Å². The molecule has 224 valence electrons. The molecule has 2 atom stereocenters. The van der Waals surface area contributed by atoms with E-state index < -0.39 is 15.4 Å². The molecule has 5 rings (SSSR count). The van der Waals surface area contributed by atoms with Gasteiger partial charge in [-0.2, -0.15) is 4.31 Å². The first kappa shape index (κ1) is 30.3. The van der Waals surface area contributed by atoms with Crippen LogP contribution in [0.15, 0.2) is 42.6 Å². The molecule has 41 heavy (non-hydrogen) atoms. The molecule has 0 saturated heterocycles. The van der Waals surface area contributed by atoms with E-state index in [1.807, 2.05) is 47.5 Å². The van der Waals surface area contributed by atoms with Gasteiger partial charge in [-0.05, 0) is 60.8 Å². The van der Waals surface area contributed by atoms with Crippen molar-refractivity contribution in [2.45, 2.75) is 91.3 Å². The number of carbonyl (C=O) groups excluding carboxylic acids is 2. The largest absolute Gasteiger partial charge is 0.345 e. The Morgan fingerprint density at radius 2 is 1.80 bits per heavy atom. The summed E-state index contributed by atoms with van der Waals surface area (Å²) in [4.78, 5) is 29.0. The lowest BCUT2D eigenvalue weighted by molar-refractivity contribution is -0.135. The number of ketones is 1. The fourth-order valence-electron chi connectivity index (χ4n) is 7.70. The summed E-state index contributed by atoms with van der Waals surface area (Å²) in [5.74, 6) is -0.0572. The number of rotatable bonds is 11. The van der Waals surface area contributed by atoms with Crippen LogP contribution in [0.3, 0.4) is 0 Å². The van der Waals surface area contributed by atoms with E-state index >= 15 is 0 Å². The topological polar surface area (TPSA) is 79.7 Å². The van der Waals surface area contributed by atoms with Crippen molar-refractivity contribution in [1.29, 1.82) is 0 Å². The number of Topliss-reactive ketones (excluding diaryl/α,β-unsaturated/α-hetero) is 1. The van der Waals surface area contributed by atoms with E-state index in [0.717, 1.165) is 49.8 Å². The average molecular weight is 602 g/mol. The summed E-state index contributed by atoms with van der Waals surface area (Å²) in [6.45, 7) is 6.89. The van der Waals surface area contributed by atoms with Crippen LogP contribution >= 0.6 is 11.6 Å². The van der Waals surface area contributed by atoms with Crippen LogP contribution in [0.4, 0.5) is 0 Å². The van der Waals surface area contributed by atoms with Crippen LogP contribution in [-0.4, -0.2) is 58.8 Å². The number of hydrogen-bond donors (Lipinski definition) is 0. The normalized spacial score (nSPS) is 24.3. The van der Waals surface area contributed by atoms with Crippen LogP contribution in [0.5, 0.6) is 0 Å². The van der Waals surface area contributed by atoms with Crippen LogP contribution in [0.25, 0.3) is 0 Å². The molecular formula is C32H44ClN3O4S. The maximum Gasteiger partial charge on any atom is 0.238 e. The molecule has 0 spiro atoms. The molecule has 0 N–H and O–H groups in total. The number of aromatic nitrogens is 1. The number of carbonyl (C=O) groups is 2. The zero-order chi connectivity index (χ0) is 29.4. The Kier molecular flexibility index (Phi) is 8.76. The van der Waals surface area contributed by atoms with Gasteiger partial charge in [0, 0.05) is 47.9 Å². The van der Waals surface area contributed by atoms with Gasteiger partial charge < -0.3 is 9.47 Å². The van der Waals surface area contributed by atoms with E-state index in [4.69, 9.17) is 11.6 Å². The molecule has 3 fully saturated rings. The Labute approximate surface area is 250 Å². The molecule has 1 heterocycles. The van der Waals surface area contributed by atoms with Crippen LogP contribution in [0.1, 0.15) is 83.4 Å². The van der Waals surface area contributed by atoms with E-state index in [1.165, 1.54) is 4.31 Å². The van der Waals surface area contributed by atoms with E-state index in [2.05, 4.69) is 18.4 Å². The molecule has 0 aliphatic heterocycles. The Hall–Kier alpha value is -2.16. The first-order valence-electron chi connectivity index (χ1n) is 15.2. The average Bonchev–Trinajstić information content (AvgIpc) is 3.53. The second kappa shape index (κ2) is 11.8. The second-order valence-corrected chi connectivity index (χ2v) is 15.3. The first-order valence-corrected chi connectivity index (χ1v) is 17.2. The Morgan fingerprint density at radius 3 is 2.44 bits per heavy atom. The maximum absolute atomic E-state index is 14.0. The summed E-state index contributed by atoms with van der Waals surface area (Å²) in [7, 11) is -3.83. The molecular weight excluding hydrogens is 558 g/mol. The van der Waals surface area contributed by atoms with E-state index in [-0.39, 0.29) is 47.9 Å². The molecule has 3 aliphatic rings. The highest BCUT2D eigenvalue weighted by molar-refractivity contribution is 7.89. The predicted molar refractivity (Wildman–Crippen MR) is 162 cm³/mol. The summed E-state index contributed by atoms with van der Waals surface area (Å²) in [5.41, 5.74) is 0.796. The summed E-state index contributed by atoms with van der Waals surface area (Å²) < 4.78 is 31.2.